The van der Waals surface area contributed by atoms with Crippen LogP contribution in [-0.2, 0) is 4.57 Å². The van der Waals surface area contributed by atoms with Crippen LogP contribution in [0.2, 0.25) is 0 Å². The summed E-state index contributed by atoms with van der Waals surface area (Å²) in [7, 11) is -0.887. The van der Waals surface area contributed by atoms with Crippen LogP contribution in [0.4, 0.5) is 5.95 Å². The number of aromatic nitrogens is 3. The van der Waals surface area contributed by atoms with E-state index < -0.39 is 13.8 Å². The number of ether oxygens (including phenoxy) is 1. The minimum atomic E-state index is -2.45. The van der Waals surface area contributed by atoms with Crippen LogP contribution >= 0.6 is 8.03 Å². The summed E-state index contributed by atoms with van der Waals surface area (Å²) >= 11 is 0. The van der Waals surface area contributed by atoms with Gasteiger partial charge in [0.2, 0.25) is 5.95 Å². The second-order valence-electron chi connectivity index (χ2n) is 3.46. The minimum Gasteiger partial charge on any atom is -0.497 e. The third kappa shape index (κ3) is 2.82. The van der Waals surface area contributed by atoms with Crippen molar-refractivity contribution < 1.29 is 14.2 Å². The predicted octanol–water partition coefficient (Wildman–Crippen LogP) is 1.66. The first-order valence-corrected chi connectivity index (χ1v) is 6.40. The van der Waals surface area contributed by atoms with Crippen molar-refractivity contribution >= 4 is 14.0 Å². The van der Waals surface area contributed by atoms with Crippen LogP contribution in [0.3, 0.4) is 0 Å². The van der Waals surface area contributed by atoms with Crippen molar-refractivity contribution in [3.63, 3.8) is 0 Å². The summed E-state index contributed by atoms with van der Waals surface area (Å²) in [5.41, 5.74) is 0.663. The van der Waals surface area contributed by atoms with E-state index in [-0.39, 0.29) is 0 Å². The lowest BCUT2D eigenvalue weighted by molar-refractivity contribution is 0.414. The lowest BCUT2D eigenvalue weighted by Gasteiger charge is -2.07. The van der Waals surface area contributed by atoms with E-state index in [1.807, 2.05) is 0 Å². The van der Waals surface area contributed by atoms with Crippen LogP contribution < -0.4 is 10.1 Å². The topological polar surface area (TPSA) is 100 Å². The highest BCUT2D eigenvalue weighted by atomic mass is 31.1. The van der Waals surface area contributed by atoms with E-state index in [0.717, 1.165) is 0 Å². The second kappa shape index (κ2) is 5.57. The van der Waals surface area contributed by atoms with E-state index in [2.05, 4.69) is 20.5 Å². The van der Waals surface area contributed by atoms with Gasteiger partial charge in [-0.25, -0.2) is 5.10 Å². The number of hydrogen-bond acceptors (Lipinski definition) is 5. The van der Waals surface area contributed by atoms with Crippen molar-refractivity contribution in [2.75, 3.05) is 12.4 Å². The Morgan fingerprint density at radius 1 is 1.44 bits per heavy atom. The first-order valence-electron chi connectivity index (χ1n) is 5.12. The molecular weight excluding hydrogens is 255 g/mol. The van der Waals surface area contributed by atoms with Crippen molar-refractivity contribution in [1.82, 2.24) is 15.2 Å². The summed E-state index contributed by atoms with van der Waals surface area (Å²) in [4.78, 5) is 13.2. The molecule has 2 atom stereocenters. The number of nitrogens with one attached hydrogen (secondary N) is 2. The molecule has 0 fully saturated rings. The molecule has 1 aromatic heterocycles. The molecule has 0 aliphatic carbocycles. The third-order valence-corrected chi connectivity index (χ3v) is 3.21. The van der Waals surface area contributed by atoms with Gasteiger partial charge in [-0.1, -0.05) is 0 Å². The van der Waals surface area contributed by atoms with Crippen molar-refractivity contribution in [2.45, 2.75) is 5.78 Å². The molecule has 0 aliphatic rings. The maximum Gasteiger partial charge on any atom is 0.535 e. The molecule has 7 nitrogen and oxygen atoms in total. The fourth-order valence-electron chi connectivity index (χ4n) is 1.46. The number of nitrogens with zero attached hydrogens (tertiary/aromatic N) is 2. The van der Waals surface area contributed by atoms with Crippen molar-refractivity contribution in [2.24, 2.45) is 0 Å². The summed E-state index contributed by atoms with van der Waals surface area (Å²) < 4.78 is 16.4. The molecular formula is C10H12N4O3P+. The molecule has 2 unspecified atom stereocenters. The molecule has 2 aromatic rings. The van der Waals surface area contributed by atoms with Gasteiger partial charge in [0.05, 0.1) is 7.11 Å². The number of H-pyrrole nitrogens is 1. The highest BCUT2D eigenvalue weighted by molar-refractivity contribution is 7.38. The number of benzene rings is 1. The van der Waals surface area contributed by atoms with E-state index in [9.17, 15) is 9.46 Å². The fourth-order valence-corrected chi connectivity index (χ4v) is 2.12. The molecule has 0 bridgehead atoms. The number of hydrogen-bond donors (Lipinski definition) is 3. The Bertz CT molecular complexity index is 514. The molecule has 94 valence electrons. The molecule has 0 saturated heterocycles. The molecule has 0 spiro atoms. The summed E-state index contributed by atoms with van der Waals surface area (Å²) in [6, 6.07) is 6.89. The number of aromatic amines is 1. The molecule has 8 heteroatoms. The molecule has 0 aliphatic heterocycles. The smallest absolute Gasteiger partial charge is 0.497 e. The van der Waals surface area contributed by atoms with Gasteiger partial charge in [0, 0.05) is 5.56 Å². The Kier molecular flexibility index (Phi) is 3.86. The lowest BCUT2D eigenvalue weighted by Crippen LogP contribution is -2.08. The predicted molar refractivity (Wildman–Crippen MR) is 65.6 cm³/mol. The molecule has 1 aromatic carbocycles. The zero-order chi connectivity index (χ0) is 13.0. The van der Waals surface area contributed by atoms with Gasteiger partial charge >= 0.3 is 8.03 Å². The van der Waals surface area contributed by atoms with E-state index in [4.69, 9.17) is 4.74 Å². The van der Waals surface area contributed by atoms with Crippen LogP contribution in [-0.4, -0.2) is 27.2 Å². The number of anilines is 1. The van der Waals surface area contributed by atoms with Gasteiger partial charge in [-0.3, -0.25) is 0 Å². The summed E-state index contributed by atoms with van der Waals surface area (Å²) in [5.74, 6) is 0.275. The monoisotopic (exact) mass is 267 g/mol. The Balaban J connectivity index is 2.21. The van der Waals surface area contributed by atoms with Crippen LogP contribution in [0.5, 0.6) is 5.75 Å². The number of rotatable bonds is 5. The van der Waals surface area contributed by atoms with Crippen LogP contribution in [0.15, 0.2) is 30.6 Å². The Labute approximate surface area is 104 Å². The van der Waals surface area contributed by atoms with Gasteiger partial charge in [-0.2, -0.15) is 15.0 Å². The minimum absolute atomic E-state index is 0.341. The molecule has 18 heavy (non-hydrogen) atoms. The van der Waals surface area contributed by atoms with Crippen molar-refractivity contribution in [3.8, 4) is 5.75 Å². The Hall–Kier alpha value is -1.98. The molecule has 0 amide bonds. The highest BCUT2D eigenvalue weighted by Gasteiger charge is 2.31. The van der Waals surface area contributed by atoms with E-state index in [0.29, 0.717) is 17.3 Å². The van der Waals surface area contributed by atoms with E-state index in [1.54, 1.807) is 31.4 Å². The van der Waals surface area contributed by atoms with Gasteiger partial charge in [0.15, 0.2) is 0 Å². The quantitative estimate of drug-likeness (QED) is 0.712. The standard InChI is InChI=1S/C10H11N4O3P/c1-17-8-4-2-7(3-5-8)9(18(15)16)13-10-11-6-12-14-10/h2-6,9H,1H3,(H2-,11,12,13,14,15,16)/p+1. The fraction of sp³-hybridized carbons (Fsp3) is 0.200. The summed E-state index contributed by atoms with van der Waals surface area (Å²) in [6.07, 6.45) is 1.32. The van der Waals surface area contributed by atoms with Gasteiger partial charge in [-0.15, -0.1) is 0 Å². The Morgan fingerprint density at radius 2 is 2.17 bits per heavy atom. The van der Waals surface area contributed by atoms with Crippen LogP contribution in [0.1, 0.15) is 11.3 Å². The molecule has 1 heterocycles. The third-order valence-electron chi connectivity index (χ3n) is 2.34. The second-order valence-corrected chi connectivity index (χ2v) is 4.58. The zero-order valence-electron chi connectivity index (χ0n) is 9.57. The average Bonchev–Trinajstić information content (AvgIpc) is 2.89. The largest absolute Gasteiger partial charge is 0.535 e. The molecule has 0 saturated carbocycles. The average molecular weight is 267 g/mol. The lowest BCUT2D eigenvalue weighted by atomic mass is 10.2. The van der Waals surface area contributed by atoms with Crippen molar-refractivity contribution in [3.05, 3.63) is 36.2 Å². The van der Waals surface area contributed by atoms with Gasteiger partial charge in [0.25, 0.3) is 5.78 Å². The van der Waals surface area contributed by atoms with E-state index >= 15 is 0 Å². The zero-order valence-corrected chi connectivity index (χ0v) is 10.5. The molecule has 3 N–H and O–H groups in total. The van der Waals surface area contributed by atoms with Gasteiger partial charge in [0.1, 0.15) is 12.1 Å². The van der Waals surface area contributed by atoms with Crippen LogP contribution in [0.25, 0.3) is 0 Å². The summed E-state index contributed by atoms with van der Waals surface area (Å²) in [6.45, 7) is 0. The first kappa shape index (κ1) is 12.5. The number of methoxy groups -OCH3 is 1. The highest BCUT2D eigenvalue weighted by Crippen LogP contribution is 2.37. The van der Waals surface area contributed by atoms with Crippen molar-refractivity contribution in [1.29, 1.82) is 0 Å². The Morgan fingerprint density at radius 3 is 2.67 bits per heavy atom. The molecule has 2 rings (SSSR count). The van der Waals surface area contributed by atoms with Gasteiger partial charge < -0.3 is 10.1 Å². The SMILES string of the molecule is COc1ccc(C(Nc2ncn[nH]2)[P+](=O)O)cc1. The summed E-state index contributed by atoms with van der Waals surface area (Å²) in [5, 5.41) is 9.05. The first-order chi connectivity index (χ1) is 8.70. The van der Waals surface area contributed by atoms with E-state index in [1.165, 1.54) is 6.33 Å². The van der Waals surface area contributed by atoms with Crippen LogP contribution in [0, 0.1) is 0 Å². The maximum absolute atomic E-state index is 11.4. The molecule has 0 radical (unpaired) electrons. The normalized spacial score (nSPS) is 12.9. The van der Waals surface area contributed by atoms with Gasteiger partial charge in [-0.05, 0) is 28.8 Å². The maximum atomic E-state index is 11.4.